The van der Waals surface area contributed by atoms with Gasteiger partial charge < -0.3 is 4.89 Å². The molecule has 0 fully saturated rings. The van der Waals surface area contributed by atoms with Gasteiger partial charge in [-0.05, 0) is 11.3 Å². The van der Waals surface area contributed by atoms with E-state index in [0.717, 1.165) is 0 Å². The fourth-order valence-corrected chi connectivity index (χ4v) is 1.53. The van der Waals surface area contributed by atoms with Gasteiger partial charge in [0.05, 0.1) is 13.2 Å². The molecule has 0 aromatic carbocycles. The third kappa shape index (κ3) is 4.88. The van der Waals surface area contributed by atoms with Crippen LogP contribution >= 0.6 is 0 Å². The van der Waals surface area contributed by atoms with Crippen LogP contribution in [0.2, 0.25) is 0 Å². The van der Waals surface area contributed by atoms with Gasteiger partial charge in [-0.15, -0.1) is 0 Å². The van der Waals surface area contributed by atoms with Crippen LogP contribution in [0.1, 0.15) is 34.6 Å². The lowest BCUT2D eigenvalue weighted by Crippen LogP contribution is -2.29. The van der Waals surface area contributed by atoms with Crippen molar-refractivity contribution in [1.29, 1.82) is 0 Å². The van der Waals surface area contributed by atoms with Crippen LogP contribution in [0.3, 0.4) is 0 Å². The minimum absolute atomic E-state index is 0.155. The summed E-state index contributed by atoms with van der Waals surface area (Å²) >= 11 is 0. The first kappa shape index (κ1) is 12.4. The van der Waals surface area contributed by atoms with Gasteiger partial charge in [0.2, 0.25) is 6.40 Å². The second-order valence-corrected chi connectivity index (χ2v) is 4.57. The van der Waals surface area contributed by atoms with E-state index in [9.17, 15) is 0 Å². The molecule has 3 heteroatoms. The van der Waals surface area contributed by atoms with Gasteiger partial charge in [0.15, 0.2) is 0 Å². The van der Waals surface area contributed by atoms with Crippen LogP contribution in [0.5, 0.6) is 0 Å². The zero-order chi connectivity index (χ0) is 10.5. The van der Waals surface area contributed by atoms with Crippen LogP contribution in [-0.2, 0) is 9.78 Å². The molecule has 0 aliphatic carbocycles. The highest BCUT2D eigenvalue weighted by Crippen LogP contribution is 2.27. The van der Waals surface area contributed by atoms with Gasteiger partial charge in [0, 0.05) is 0 Å². The van der Waals surface area contributed by atoms with Crippen LogP contribution in [0, 0.1) is 11.3 Å². The molecule has 0 bridgehead atoms. The summed E-state index contributed by atoms with van der Waals surface area (Å²) in [7, 11) is 1.47. The Kier molecular flexibility index (Phi) is 4.99. The molecule has 0 N–H and O–H groups in total. The summed E-state index contributed by atoms with van der Waals surface area (Å²) in [6, 6.07) is 0.252. The molecule has 0 rings (SSSR count). The summed E-state index contributed by atoms with van der Waals surface area (Å²) < 4.78 is 0. The topological polar surface area (TPSA) is 30.8 Å². The van der Waals surface area contributed by atoms with Crippen molar-refractivity contribution in [3.8, 4) is 0 Å². The summed E-state index contributed by atoms with van der Waals surface area (Å²) in [6.45, 7) is 10.8. The Balaban J connectivity index is 4.27. The maximum Gasteiger partial charge on any atom is 0.215 e. The molecule has 0 amide bonds. The molecule has 0 aliphatic heterocycles. The van der Waals surface area contributed by atoms with E-state index in [1.807, 2.05) is 0 Å². The van der Waals surface area contributed by atoms with E-state index in [0.29, 0.717) is 5.92 Å². The Morgan fingerprint density at radius 3 is 2.08 bits per heavy atom. The molecule has 0 saturated heterocycles. The Morgan fingerprint density at radius 2 is 1.77 bits per heavy atom. The first-order chi connectivity index (χ1) is 5.89. The molecular weight excluding hydrogens is 166 g/mol. The second-order valence-electron chi connectivity index (χ2n) is 4.57. The summed E-state index contributed by atoms with van der Waals surface area (Å²) in [5.41, 5.74) is 0.155. The minimum atomic E-state index is 0.155. The number of nitrogens with zero attached hydrogens (tertiary/aromatic N) is 1. The number of hydrogen-bond acceptors (Lipinski definition) is 3. The van der Waals surface area contributed by atoms with Crippen LogP contribution in [-0.4, -0.2) is 19.6 Å². The van der Waals surface area contributed by atoms with E-state index in [1.165, 1.54) is 13.5 Å². The maximum absolute atomic E-state index is 4.62. The third-order valence-corrected chi connectivity index (χ3v) is 1.88. The molecule has 0 heterocycles. The fourth-order valence-electron chi connectivity index (χ4n) is 1.53. The monoisotopic (exact) mass is 187 g/mol. The summed E-state index contributed by atoms with van der Waals surface area (Å²) in [6.07, 6.45) is 1.37. The van der Waals surface area contributed by atoms with Gasteiger partial charge in [-0.2, -0.15) is 4.89 Å². The zero-order valence-corrected chi connectivity index (χ0v) is 9.50. The van der Waals surface area contributed by atoms with E-state index in [1.54, 1.807) is 0 Å². The summed E-state index contributed by atoms with van der Waals surface area (Å²) in [5.74, 6) is 0.497. The van der Waals surface area contributed by atoms with Crippen LogP contribution in [0.4, 0.5) is 0 Å². The normalized spacial score (nSPS) is 15.3. The summed E-state index contributed by atoms with van der Waals surface area (Å²) in [5, 5.41) is 0. The second kappa shape index (κ2) is 5.22. The van der Waals surface area contributed by atoms with Crippen molar-refractivity contribution in [2.45, 2.75) is 40.7 Å². The maximum atomic E-state index is 4.62. The lowest BCUT2D eigenvalue weighted by molar-refractivity contribution is -0.188. The van der Waals surface area contributed by atoms with E-state index in [-0.39, 0.29) is 11.5 Å². The molecule has 78 valence electrons. The zero-order valence-electron chi connectivity index (χ0n) is 9.50. The number of rotatable bonds is 4. The molecular formula is C10H21NO2. The molecule has 0 aromatic rings. The molecule has 1 atom stereocenters. The minimum Gasteiger partial charge on any atom is -0.326 e. The third-order valence-electron chi connectivity index (χ3n) is 1.88. The smallest absolute Gasteiger partial charge is 0.215 e. The van der Waals surface area contributed by atoms with Crippen LogP contribution < -0.4 is 0 Å². The number of hydrogen-bond donors (Lipinski definition) is 0. The standard InChI is InChI=1S/C10H21NO2/c1-8(2)9(10(3,4)5)11-7-13-12-6/h7-9H,1-6H3/b11-7+/t9-/m0/s1. The largest absolute Gasteiger partial charge is 0.326 e. The fraction of sp³-hybridized carbons (Fsp3) is 0.900. The van der Waals surface area contributed by atoms with Crippen molar-refractivity contribution in [2.24, 2.45) is 16.3 Å². The molecule has 0 spiro atoms. The molecule has 0 aromatic heterocycles. The highest BCUT2D eigenvalue weighted by atomic mass is 17.2. The van der Waals surface area contributed by atoms with E-state index in [4.69, 9.17) is 0 Å². The van der Waals surface area contributed by atoms with Crippen LogP contribution in [0.15, 0.2) is 4.99 Å². The van der Waals surface area contributed by atoms with E-state index >= 15 is 0 Å². The first-order valence-electron chi connectivity index (χ1n) is 4.60. The SMILES string of the molecule is COO/C=N/[C@@H](C(C)C)C(C)(C)C. The van der Waals surface area contributed by atoms with Crippen molar-refractivity contribution < 1.29 is 9.78 Å². The highest BCUT2D eigenvalue weighted by molar-refractivity contribution is 5.45. The van der Waals surface area contributed by atoms with Crippen molar-refractivity contribution >= 4 is 6.40 Å². The van der Waals surface area contributed by atoms with Gasteiger partial charge in [-0.3, -0.25) is 4.99 Å². The van der Waals surface area contributed by atoms with Crippen molar-refractivity contribution in [1.82, 2.24) is 0 Å². The van der Waals surface area contributed by atoms with Gasteiger partial charge in [0.1, 0.15) is 0 Å². The van der Waals surface area contributed by atoms with E-state index < -0.39 is 0 Å². The Bertz CT molecular complexity index is 159. The first-order valence-corrected chi connectivity index (χ1v) is 4.60. The van der Waals surface area contributed by atoms with Gasteiger partial charge >= 0.3 is 0 Å². The molecule has 0 saturated carbocycles. The van der Waals surface area contributed by atoms with Crippen molar-refractivity contribution in [3.05, 3.63) is 0 Å². The molecule has 0 unspecified atom stereocenters. The van der Waals surface area contributed by atoms with Gasteiger partial charge in [-0.1, -0.05) is 34.6 Å². The van der Waals surface area contributed by atoms with Crippen LogP contribution in [0.25, 0.3) is 0 Å². The Morgan fingerprint density at radius 1 is 1.23 bits per heavy atom. The lowest BCUT2D eigenvalue weighted by atomic mass is 9.81. The Labute approximate surface area is 81.1 Å². The predicted octanol–water partition coefficient (Wildman–Crippen LogP) is 2.66. The van der Waals surface area contributed by atoms with Crippen molar-refractivity contribution in [2.75, 3.05) is 7.11 Å². The average Bonchev–Trinajstić information content (AvgIpc) is 1.94. The lowest BCUT2D eigenvalue weighted by Gasteiger charge is -2.29. The van der Waals surface area contributed by atoms with E-state index in [2.05, 4.69) is 49.4 Å². The molecule has 3 nitrogen and oxygen atoms in total. The number of aliphatic imine (C=N–C) groups is 1. The Hall–Kier alpha value is -0.570. The van der Waals surface area contributed by atoms with Gasteiger partial charge in [-0.25, -0.2) is 0 Å². The highest BCUT2D eigenvalue weighted by Gasteiger charge is 2.26. The average molecular weight is 187 g/mol. The molecule has 0 radical (unpaired) electrons. The summed E-state index contributed by atoms with van der Waals surface area (Å²) in [4.78, 5) is 13.4. The predicted molar refractivity (Wildman–Crippen MR) is 54.7 cm³/mol. The van der Waals surface area contributed by atoms with Gasteiger partial charge in [0.25, 0.3) is 0 Å². The quantitative estimate of drug-likeness (QED) is 0.293. The molecule has 0 aliphatic rings. The van der Waals surface area contributed by atoms with Crippen molar-refractivity contribution in [3.63, 3.8) is 0 Å². The molecule has 13 heavy (non-hydrogen) atoms.